The van der Waals surface area contributed by atoms with E-state index in [1.807, 2.05) is 6.92 Å². The fourth-order valence-electron chi connectivity index (χ4n) is 1.83. The maximum atomic E-state index is 11.9. The van der Waals surface area contributed by atoms with Gasteiger partial charge in [0.05, 0.1) is 6.10 Å². The van der Waals surface area contributed by atoms with Gasteiger partial charge in [-0.05, 0) is 18.9 Å². The lowest BCUT2D eigenvalue weighted by Gasteiger charge is -2.24. The molecule has 2 fully saturated rings. The second kappa shape index (κ2) is 3.71. The Kier molecular flexibility index (Phi) is 2.56. The summed E-state index contributed by atoms with van der Waals surface area (Å²) in [5.41, 5.74) is 2.06. The average Bonchev–Trinajstić information content (AvgIpc) is 2.47. The zero-order valence-electron chi connectivity index (χ0n) is 8.42. The summed E-state index contributed by atoms with van der Waals surface area (Å²) in [7, 11) is 0. The average molecular weight is 196 g/mol. The Morgan fingerprint density at radius 3 is 2.71 bits per heavy atom. The van der Waals surface area contributed by atoms with Gasteiger partial charge >= 0.3 is 0 Å². The van der Waals surface area contributed by atoms with Gasteiger partial charge in [-0.25, -0.2) is 0 Å². The molecule has 0 unspecified atom stereocenters. The first kappa shape index (κ1) is 9.68. The third kappa shape index (κ3) is 1.67. The lowest BCUT2D eigenvalue weighted by Crippen LogP contribution is -2.38. The molecular formula is C10H16N2O2. The van der Waals surface area contributed by atoms with Crippen LogP contribution >= 0.6 is 0 Å². The highest BCUT2D eigenvalue weighted by atomic mass is 16.3. The normalized spacial score (nSPS) is 26.3. The summed E-state index contributed by atoms with van der Waals surface area (Å²) in [5, 5.41) is 12.4. The number of carbonyl (C=O) groups excluding carboxylic acids is 1. The van der Waals surface area contributed by atoms with E-state index in [4.69, 9.17) is 0 Å². The zero-order chi connectivity index (χ0) is 10.1. The number of hydrogen-bond donors (Lipinski definition) is 2. The van der Waals surface area contributed by atoms with Crippen LogP contribution in [0.3, 0.4) is 0 Å². The van der Waals surface area contributed by atoms with Crippen molar-refractivity contribution >= 4 is 5.91 Å². The number of likely N-dealkylation sites (tertiary alicyclic amines) is 1. The molecule has 4 nitrogen and oxygen atoms in total. The van der Waals surface area contributed by atoms with E-state index >= 15 is 0 Å². The predicted molar refractivity (Wildman–Crippen MR) is 52.8 cm³/mol. The van der Waals surface area contributed by atoms with Crippen molar-refractivity contribution in [2.24, 2.45) is 0 Å². The largest absolute Gasteiger partial charge is 0.391 e. The van der Waals surface area contributed by atoms with Gasteiger partial charge in [0.1, 0.15) is 0 Å². The molecule has 0 aromatic carbocycles. The molecule has 4 heteroatoms. The number of amides is 1. The molecular weight excluding hydrogens is 180 g/mol. The molecule has 0 saturated carbocycles. The number of nitrogens with one attached hydrogen (secondary N) is 1. The number of rotatable bonds is 1. The Morgan fingerprint density at radius 2 is 2.29 bits per heavy atom. The second-order valence-electron chi connectivity index (χ2n) is 4.03. The van der Waals surface area contributed by atoms with Crippen LogP contribution in [-0.2, 0) is 4.79 Å². The molecule has 0 aliphatic carbocycles. The molecule has 0 bridgehead atoms. The van der Waals surface area contributed by atoms with Gasteiger partial charge in [-0.15, -0.1) is 0 Å². The summed E-state index contributed by atoms with van der Waals surface area (Å²) in [4.78, 5) is 13.6. The standard InChI is InChI=1S/C10H16N2O2/c1-7(8-4-11-5-8)10(14)12-3-2-9(13)6-12/h9,11,13H,2-6H2,1H3/t9-/m0/s1. The summed E-state index contributed by atoms with van der Waals surface area (Å²) in [6.07, 6.45) is 0.392. The number of carbonyl (C=O) groups is 1. The van der Waals surface area contributed by atoms with E-state index in [-0.39, 0.29) is 12.0 Å². The molecule has 0 spiro atoms. The van der Waals surface area contributed by atoms with E-state index in [2.05, 4.69) is 5.32 Å². The minimum atomic E-state index is -0.323. The van der Waals surface area contributed by atoms with Gasteiger partial charge in [0.25, 0.3) is 0 Å². The quantitative estimate of drug-likeness (QED) is 0.556. The zero-order valence-corrected chi connectivity index (χ0v) is 8.42. The first-order chi connectivity index (χ1) is 6.68. The molecule has 0 aromatic rings. The van der Waals surface area contributed by atoms with Crippen molar-refractivity contribution < 1.29 is 9.90 Å². The molecule has 78 valence electrons. The van der Waals surface area contributed by atoms with Crippen LogP contribution in [0.4, 0.5) is 0 Å². The monoisotopic (exact) mass is 196 g/mol. The van der Waals surface area contributed by atoms with Crippen LogP contribution in [0.1, 0.15) is 13.3 Å². The Morgan fingerprint density at radius 1 is 1.57 bits per heavy atom. The smallest absolute Gasteiger partial charge is 0.249 e. The molecule has 2 heterocycles. The van der Waals surface area contributed by atoms with E-state index in [1.54, 1.807) is 4.90 Å². The van der Waals surface area contributed by atoms with Crippen molar-refractivity contribution in [3.8, 4) is 0 Å². The van der Waals surface area contributed by atoms with Gasteiger partial charge < -0.3 is 15.3 Å². The van der Waals surface area contributed by atoms with Crippen LogP contribution in [0.5, 0.6) is 0 Å². The van der Waals surface area contributed by atoms with Gasteiger partial charge in [0.15, 0.2) is 0 Å². The molecule has 0 radical (unpaired) electrons. The van der Waals surface area contributed by atoms with Gasteiger partial charge in [0, 0.05) is 31.8 Å². The van der Waals surface area contributed by atoms with Gasteiger partial charge in [-0.2, -0.15) is 0 Å². The number of aliphatic hydroxyl groups is 1. The van der Waals surface area contributed by atoms with Crippen molar-refractivity contribution in [3.05, 3.63) is 11.1 Å². The lowest BCUT2D eigenvalue weighted by molar-refractivity contribution is -0.126. The van der Waals surface area contributed by atoms with Crippen molar-refractivity contribution in [2.45, 2.75) is 19.4 Å². The molecule has 0 aromatic heterocycles. The molecule has 14 heavy (non-hydrogen) atoms. The van der Waals surface area contributed by atoms with Crippen LogP contribution < -0.4 is 5.32 Å². The summed E-state index contributed by atoms with van der Waals surface area (Å²) in [6.45, 7) is 4.75. The molecule has 2 saturated heterocycles. The van der Waals surface area contributed by atoms with Crippen LogP contribution in [-0.4, -0.2) is 48.2 Å². The van der Waals surface area contributed by atoms with Crippen molar-refractivity contribution in [3.63, 3.8) is 0 Å². The van der Waals surface area contributed by atoms with E-state index in [0.29, 0.717) is 19.5 Å². The number of nitrogens with zero attached hydrogens (tertiary/aromatic N) is 1. The van der Waals surface area contributed by atoms with Crippen molar-refractivity contribution in [1.82, 2.24) is 10.2 Å². The number of hydrogen-bond acceptors (Lipinski definition) is 3. The molecule has 2 aliphatic heterocycles. The van der Waals surface area contributed by atoms with Crippen molar-refractivity contribution in [2.75, 3.05) is 26.2 Å². The van der Waals surface area contributed by atoms with Crippen molar-refractivity contribution in [1.29, 1.82) is 0 Å². The Labute approximate surface area is 83.6 Å². The summed E-state index contributed by atoms with van der Waals surface area (Å²) in [5.74, 6) is 0.0954. The topological polar surface area (TPSA) is 52.6 Å². The molecule has 1 amide bonds. The lowest BCUT2D eigenvalue weighted by atomic mass is 10.0. The molecule has 2 N–H and O–H groups in total. The van der Waals surface area contributed by atoms with E-state index in [9.17, 15) is 9.90 Å². The second-order valence-corrected chi connectivity index (χ2v) is 4.03. The van der Waals surface area contributed by atoms with E-state index < -0.39 is 0 Å². The van der Waals surface area contributed by atoms with Crippen LogP contribution in [0.2, 0.25) is 0 Å². The fraction of sp³-hybridized carbons (Fsp3) is 0.700. The maximum Gasteiger partial charge on any atom is 0.249 e. The highest BCUT2D eigenvalue weighted by Crippen LogP contribution is 2.16. The predicted octanol–water partition coefficient (Wildman–Crippen LogP) is -0.501. The van der Waals surface area contributed by atoms with E-state index in [1.165, 1.54) is 5.57 Å². The third-order valence-electron chi connectivity index (χ3n) is 2.98. The van der Waals surface area contributed by atoms with Gasteiger partial charge in [0.2, 0.25) is 5.91 Å². The van der Waals surface area contributed by atoms with Gasteiger partial charge in [-0.3, -0.25) is 4.79 Å². The number of β-amino-alcohol motifs (C(OH)–C–C–N with tert-alkyl or cyclic N) is 1. The first-order valence-electron chi connectivity index (χ1n) is 5.05. The summed E-state index contributed by atoms with van der Waals surface area (Å²) in [6, 6.07) is 0. The Hall–Kier alpha value is -0.870. The number of aliphatic hydroxyl groups excluding tert-OH is 1. The first-order valence-corrected chi connectivity index (χ1v) is 5.05. The highest BCUT2D eigenvalue weighted by molar-refractivity contribution is 5.94. The van der Waals surface area contributed by atoms with Gasteiger partial charge in [-0.1, -0.05) is 0 Å². The van der Waals surface area contributed by atoms with E-state index in [0.717, 1.165) is 18.7 Å². The summed E-state index contributed by atoms with van der Waals surface area (Å²) < 4.78 is 0. The van der Waals surface area contributed by atoms with Crippen LogP contribution in [0.25, 0.3) is 0 Å². The fourth-order valence-corrected chi connectivity index (χ4v) is 1.83. The minimum Gasteiger partial charge on any atom is -0.391 e. The minimum absolute atomic E-state index is 0.0954. The van der Waals surface area contributed by atoms with Crippen LogP contribution in [0.15, 0.2) is 11.1 Å². The maximum absolute atomic E-state index is 11.9. The third-order valence-corrected chi connectivity index (χ3v) is 2.98. The Bertz CT molecular complexity index is 280. The van der Waals surface area contributed by atoms with Crippen LogP contribution in [0, 0.1) is 0 Å². The summed E-state index contributed by atoms with van der Waals surface area (Å²) >= 11 is 0. The molecule has 1 atom stereocenters. The molecule has 2 rings (SSSR count). The SMILES string of the molecule is CC(C(=O)N1CC[C@H](O)C1)=C1CNC1. The highest BCUT2D eigenvalue weighted by Gasteiger charge is 2.27. The molecule has 2 aliphatic rings. The Balaban J connectivity index is 2.01.